The van der Waals surface area contributed by atoms with Crippen LogP contribution in [-0.2, 0) is 4.74 Å². The van der Waals surface area contributed by atoms with Gasteiger partial charge in [0.1, 0.15) is 0 Å². The molecule has 11 heavy (non-hydrogen) atoms. The van der Waals surface area contributed by atoms with Crippen molar-refractivity contribution in [2.24, 2.45) is 5.73 Å². The smallest absolute Gasteiger partial charge is 0.0480 e. The first kappa shape index (κ1) is 8.71. The summed E-state index contributed by atoms with van der Waals surface area (Å²) >= 11 is 1.68. The third-order valence-electron chi connectivity index (χ3n) is 1.60. The van der Waals surface area contributed by atoms with Crippen molar-refractivity contribution in [1.82, 2.24) is 0 Å². The van der Waals surface area contributed by atoms with Crippen LogP contribution in [0.25, 0.3) is 0 Å². The van der Waals surface area contributed by atoms with Crippen LogP contribution < -0.4 is 5.73 Å². The second-order valence-corrected chi connectivity index (χ2v) is 3.22. The van der Waals surface area contributed by atoms with E-state index in [4.69, 9.17) is 10.5 Å². The van der Waals surface area contributed by atoms with Gasteiger partial charge in [0, 0.05) is 19.8 Å². The highest BCUT2D eigenvalue weighted by Crippen LogP contribution is 2.16. The first-order valence-corrected chi connectivity index (χ1v) is 4.55. The number of hydrogen-bond donors (Lipinski definition) is 1. The van der Waals surface area contributed by atoms with Crippen LogP contribution in [0.15, 0.2) is 16.8 Å². The Kier molecular flexibility index (Phi) is 3.56. The molecule has 2 nitrogen and oxygen atoms in total. The van der Waals surface area contributed by atoms with Crippen LogP contribution in [-0.4, -0.2) is 13.7 Å². The van der Waals surface area contributed by atoms with E-state index >= 15 is 0 Å². The molecular formula is C8H13NOS. The van der Waals surface area contributed by atoms with Gasteiger partial charge in [0.05, 0.1) is 0 Å². The Balaban J connectivity index is 2.36. The summed E-state index contributed by atoms with van der Waals surface area (Å²) in [7, 11) is 1.69. The van der Waals surface area contributed by atoms with Crippen LogP contribution in [0, 0.1) is 0 Å². The first-order valence-electron chi connectivity index (χ1n) is 3.61. The molecule has 1 aromatic heterocycles. The number of methoxy groups -OCH3 is 1. The molecule has 0 saturated carbocycles. The molecule has 1 unspecified atom stereocenters. The monoisotopic (exact) mass is 171 g/mol. The molecule has 0 bridgehead atoms. The number of nitrogens with two attached hydrogens (primary N) is 1. The highest BCUT2D eigenvalue weighted by molar-refractivity contribution is 7.07. The molecule has 1 rings (SSSR count). The molecule has 0 aliphatic rings. The third kappa shape index (κ3) is 2.61. The molecule has 62 valence electrons. The lowest BCUT2D eigenvalue weighted by atomic mass is 10.1. The van der Waals surface area contributed by atoms with Gasteiger partial charge in [0.15, 0.2) is 0 Å². The van der Waals surface area contributed by atoms with Gasteiger partial charge in [-0.2, -0.15) is 11.3 Å². The molecule has 1 atom stereocenters. The SMILES string of the molecule is COCCC(N)c1ccsc1. The Bertz CT molecular complexity index is 186. The van der Waals surface area contributed by atoms with Crippen molar-refractivity contribution in [1.29, 1.82) is 0 Å². The van der Waals surface area contributed by atoms with Crippen LogP contribution in [0.4, 0.5) is 0 Å². The van der Waals surface area contributed by atoms with Crippen LogP contribution in [0.5, 0.6) is 0 Å². The second-order valence-electron chi connectivity index (χ2n) is 2.44. The van der Waals surface area contributed by atoms with Crippen molar-refractivity contribution in [3.63, 3.8) is 0 Å². The van der Waals surface area contributed by atoms with E-state index in [9.17, 15) is 0 Å². The molecule has 0 aliphatic carbocycles. The summed E-state index contributed by atoms with van der Waals surface area (Å²) in [6.45, 7) is 0.733. The number of rotatable bonds is 4. The van der Waals surface area contributed by atoms with Gasteiger partial charge in [0.25, 0.3) is 0 Å². The summed E-state index contributed by atoms with van der Waals surface area (Å²) in [6, 6.07) is 2.20. The number of ether oxygens (including phenoxy) is 1. The average molecular weight is 171 g/mol. The van der Waals surface area contributed by atoms with Crippen molar-refractivity contribution >= 4 is 11.3 Å². The predicted octanol–water partition coefficient (Wildman–Crippen LogP) is 1.78. The van der Waals surface area contributed by atoms with Crippen molar-refractivity contribution in [3.8, 4) is 0 Å². The maximum Gasteiger partial charge on any atom is 0.0480 e. The van der Waals surface area contributed by atoms with Crippen LogP contribution in [0.2, 0.25) is 0 Å². The van der Waals surface area contributed by atoms with Crippen molar-refractivity contribution in [2.45, 2.75) is 12.5 Å². The standard InChI is InChI=1S/C8H13NOS/c1-10-4-2-8(9)7-3-5-11-6-7/h3,5-6,8H,2,4,9H2,1H3. The van der Waals surface area contributed by atoms with Gasteiger partial charge in [-0.05, 0) is 28.8 Å². The largest absolute Gasteiger partial charge is 0.385 e. The molecule has 0 radical (unpaired) electrons. The van der Waals surface area contributed by atoms with Gasteiger partial charge >= 0.3 is 0 Å². The number of hydrogen-bond acceptors (Lipinski definition) is 3. The zero-order chi connectivity index (χ0) is 8.10. The van der Waals surface area contributed by atoms with E-state index < -0.39 is 0 Å². The van der Waals surface area contributed by atoms with Crippen molar-refractivity contribution in [3.05, 3.63) is 22.4 Å². The first-order chi connectivity index (χ1) is 5.34. The molecule has 1 heterocycles. The van der Waals surface area contributed by atoms with E-state index in [1.165, 1.54) is 5.56 Å². The van der Waals surface area contributed by atoms with E-state index in [1.54, 1.807) is 18.4 Å². The van der Waals surface area contributed by atoms with Gasteiger partial charge in [-0.1, -0.05) is 0 Å². The highest BCUT2D eigenvalue weighted by atomic mass is 32.1. The van der Waals surface area contributed by atoms with Gasteiger partial charge in [0.2, 0.25) is 0 Å². The number of thiophene rings is 1. The Morgan fingerprint density at radius 3 is 3.09 bits per heavy atom. The summed E-state index contributed by atoms with van der Waals surface area (Å²) in [5.74, 6) is 0. The van der Waals surface area contributed by atoms with Crippen molar-refractivity contribution in [2.75, 3.05) is 13.7 Å². The maximum atomic E-state index is 5.85. The molecule has 0 fully saturated rings. The lowest BCUT2D eigenvalue weighted by Crippen LogP contribution is -2.11. The molecule has 0 amide bonds. The molecule has 0 saturated heterocycles. The Labute approximate surface area is 71.0 Å². The summed E-state index contributed by atoms with van der Waals surface area (Å²) in [4.78, 5) is 0. The third-order valence-corrected chi connectivity index (χ3v) is 2.31. The zero-order valence-corrected chi connectivity index (χ0v) is 7.43. The van der Waals surface area contributed by atoms with Gasteiger partial charge in [-0.15, -0.1) is 0 Å². The maximum absolute atomic E-state index is 5.85. The molecule has 0 spiro atoms. The van der Waals surface area contributed by atoms with E-state index in [1.807, 2.05) is 5.38 Å². The minimum atomic E-state index is 0.140. The average Bonchev–Trinajstić information content (AvgIpc) is 2.52. The molecule has 1 aromatic rings. The molecule has 0 aromatic carbocycles. The summed E-state index contributed by atoms with van der Waals surface area (Å²) in [5, 5.41) is 4.13. The predicted molar refractivity (Wildman–Crippen MR) is 47.7 cm³/mol. The Hall–Kier alpha value is -0.380. The van der Waals surface area contributed by atoms with E-state index in [0.29, 0.717) is 0 Å². The lowest BCUT2D eigenvalue weighted by Gasteiger charge is -2.07. The fourth-order valence-corrected chi connectivity index (χ4v) is 1.62. The fraction of sp³-hybridized carbons (Fsp3) is 0.500. The molecule has 2 N–H and O–H groups in total. The molecular weight excluding hydrogens is 158 g/mol. The van der Waals surface area contributed by atoms with Crippen LogP contribution >= 0.6 is 11.3 Å². The fourth-order valence-electron chi connectivity index (χ4n) is 0.897. The van der Waals surface area contributed by atoms with Crippen LogP contribution in [0.3, 0.4) is 0 Å². The zero-order valence-electron chi connectivity index (χ0n) is 6.62. The van der Waals surface area contributed by atoms with E-state index in [-0.39, 0.29) is 6.04 Å². The quantitative estimate of drug-likeness (QED) is 0.749. The summed E-state index contributed by atoms with van der Waals surface area (Å²) in [6.07, 6.45) is 0.896. The Morgan fingerprint density at radius 1 is 1.73 bits per heavy atom. The van der Waals surface area contributed by atoms with Crippen LogP contribution in [0.1, 0.15) is 18.0 Å². The van der Waals surface area contributed by atoms with Gasteiger partial charge < -0.3 is 10.5 Å². The summed E-state index contributed by atoms with van der Waals surface area (Å²) in [5.41, 5.74) is 7.07. The highest BCUT2D eigenvalue weighted by Gasteiger charge is 2.04. The van der Waals surface area contributed by atoms with E-state index in [0.717, 1.165) is 13.0 Å². The van der Waals surface area contributed by atoms with Gasteiger partial charge in [-0.3, -0.25) is 0 Å². The van der Waals surface area contributed by atoms with E-state index in [2.05, 4.69) is 11.4 Å². The minimum Gasteiger partial charge on any atom is -0.385 e. The normalized spacial score (nSPS) is 13.3. The molecule has 0 aliphatic heterocycles. The minimum absolute atomic E-state index is 0.140. The second kappa shape index (κ2) is 4.49. The lowest BCUT2D eigenvalue weighted by molar-refractivity contribution is 0.188. The van der Waals surface area contributed by atoms with Gasteiger partial charge in [-0.25, -0.2) is 0 Å². The molecule has 3 heteroatoms. The Morgan fingerprint density at radius 2 is 2.55 bits per heavy atom. The van der Waals surface area contributed by atoms with Crippen molar-refractivity contribution < 1.29 is 4.74 Å². The summed E-state index contributed by atoms with van der Waals surface area (Å²) < 4.78 is 4.93. The topological polar surface area (TPSA) is 35.2 Å².